The van der Waals surface area contributed by atoms with Gasteiger partial charge in [0.1, 0.15) is 10.5 Å². The third-order valence-corrected chi connectivity index (χ3v) is 5.10. The summed E-state index contributed by atoms with van der Waals surface area (Å²) in [6, 6.07) is 7.68. The number of nitrogens with zero attached hydrogens (tertiary/aromatic N) is 2. The minimum Gasteiger partial charge on any atom is -0.477 e. The van der Waals surface area contributed by atoms with Gasteiger partial charge in [-0.25, -0.2) is 9.59 Å². The number of anilines is 1. The molecule has 1 aromatic heterocycles. The lowest BCUT2D eigenvalue weighted by molar-refractivity contribution is 0.0240. The number of thiophene rings is 1. The van der Waals surface area contributed by atoms with Gasteiger partial charge in [-0.05, 0) is 44.4 Å². The Morgan fingerprint density at radius 2 is 1.80 bits per heavy atom. The first kappa shape index (κ1) is 17.5. The van der Waals surface area contributed by atoms with Gasteiger partial charge in [0.2, 0.25) is 0 Å². The van der Waals surface area contributed by atoms with Crippen LogP contribution in [0.2, 0.25) is 0 Å². The van der Waals surface area contributed by atoms with Crippen LogP contribution in [0.3, 0.4) is 0 Å². The summed E-state index contributed by atoms with van der Waals surface area (Å²) in [6.45, 7) is 8.26. The molecule has 1 fully saturated rings. The van der Waals surface area contributed by atoms with Gasteiger partial charge >= 0.3 is 12.1 Å². The minimum atomic E-state index is -0.895. The summed E-state index contributed by atoms with van der Waals surface area (Å²) < 4.78 is 6.38. The number of hydrogen-bond acceptors (Lipinski definition) is 5. The lowest BCUT2D eigenvalue weighted by Gasteiger charge is -2.36. The van der Waals surface area contributed by atoms with E-state index in [0.29, 0.717) is 18.0 Å². The summed E-state index contributed by atoms with van der Waals surface area (Å²) in [5.41, 5.74) is 0.565. The Kier molecular flexibility index (Phi) is 4.60. The van der Waals surface area contributed by atoms with Crippen molar-refractivity contribution in [2.45, 2.75) is 26.4 Å². The average molecular weight is 362 g/mol. The van der Waals surface area contributed by atoms with Gasteiger partial charge in [-0.2, -0.15) is 0 Å². The molecular formula is C18H22N2O4S. The fourth-order valence-electron chi connectivity index (χ4n) is 2.80. The third-order valence-electron chi connectivity index (χ3n) is 4.01. The molecule has 0 unspecified atom stereocenters. The maximum absolute atomic E-state index is 12.1. The Balaban J connectivity index is 1.67. The van der Waals surface area contributed by atoms with Gasteiger partial charge in [0, 0.05) is 36.6 Å². The van der Waals surface area contributed by atoms with Gasteiger partial charge in [0.25, 0.3) is 0 Å². The molecule has 3 rings (SSSR count). The van der Waals surface area contributed by atoms with Crippen LogP contribution in [0.25, 0.3) is 10.1 Å². The molecule has 6 nitrogen and oxygen atoms in total. The quantitative estimate of drug-likeness (QED) is 0.883. The first-order valence-corrected chi connectivity index (χ1v) is 9.04. The van der Waals surface area contributed by atoms with E-state index in [1.165, 1.54) is 11.3 Å². The zero-order valence-corrected chi connectivity index (χ0v) is 15.4. The Morgan fingerprint density at radius 3 is 2.40 bits per heavy atom. The lowest BCUT2D eigenvalue weighted by Crippen LogP contribution is -2.50. The van der Waals surface area contributed by atoms with Gasteiger partial charge in [-0.1, -0.05) is 6.07 Å². The van der Waals surface area contributed by atoms with Gasteiger partial charge in [-0.15, -0.1) is 11.3 Å². The van der Waals surface area contributed by atoms with Crippen molar-refractivity contribution in [2.75, 3.05) is 31.1 Å². The van der Waals surface area contributed by atoms with Crippen LogP contribution >= 0.6 is 11.3 Å². The molecule has 1 aromatic carbocycles. The number of amides is 1. The highest BCUT2D eigenvalue weighted by Gasteiger charge is 2.26. The molecule has 0 bridgehead atoms. The molecule has 2 heterocycles. The predicted octanol–water partition coefficient (Wildman–Crippen LogP) is 3.66. The summed E-state index contributed by atoms with van der Waals surface area (Å²) in [7, 11) is 0. The molecule has 1 aliphatic heterocycles. The van der Waals surface area contributed by atoms with Crippen LogP contribution in [0.15, 0.2) is 24.3 Å². The molecule has 0 atom stereocenters. The van der Waals surface area contributed by atoms with E-state index in [1.807, 2.05) is 39.0 Å². The molecule has 1 N–H and O–H groups in total. The first-order chi connectivity index (χ1) is 11.7. The third kappa shape index (κ3) is 4.04. The molecule has 2 aromatic rings. The zero-order chi connectivity index (χ0) is 18.2. The minimum absolute atomic E-state index is 0.271. The average Bonchev–Trinajstić information content (AvgIpc) is 2.97. The van der Waals surface area contributed by atoms with Crippen LogP contribution in [-0.2, 0) is 4.74 Å². The number of aromatic carboxylic acids is 1. The van der Waals surface area contributed by atoms with E-state index in [2.05, 4.69) is 4.90 Å². The number of fused-ring (bicyclic) bond motifs is 1. The Hall–Kier alpha value is -2.28. The van der Waals surface area contributed by atoms with Crippen LogP contribution < -0.4 is 4.90 Å². The Bertz CT molecular complexity index is 801. The van der Waals surface area contributed by atoms with Gasteiger partial charge in [0.05, 0.1) is 0 Å². The van der Waals surface area contributed by atoms with Gasteiger partial charge < -0.3 is 19.6 Å². The monoisotopic (exact) mass is 362 g/mol. The normalized spacial score (nSPS) is 15.5. The van der Waals surface area contributed by atoms with Crippen molar-refractivity contribution in [1.82, 2.24) is 4.90 Å². The summed E-state index contributed by atoms with van der Waals surface area (Å²) in [5.74, 6) is -0.895. The molecule has 134 valence electrons. The molecule has 0 spiro atoms. The summed E-state index contributed by atoms with van der Waals surface area (Å²) >= 11 is 1.28. The van der Waals surface area contributed by atoms with Crippen molar-refractivity contribution in [1.29, 1.82) is 0 Å². The zero-order valence-electron chi connectivity index (χ0n) is 14.6. The smallest absolute Gasteiger partial charge is 0.410 e. The molecule has 25 heavy (non-hydrogen) atoms. The number of hydrogen-bond donors (Lipinski definition) is 1. The number of rotatable bonds is 2. The molecule has 0 aliphatic carbocycles. The Labute approximate surface area is 150 Å². The van der Waals surface area contributed by atoms with Crippen molar-refractivity contribution < 1.29 is 19.4 Å². The number of carbonyl (C=O) groups is 2. The number of benzene rings is 1. The predicted molar refractivity (Wildman–Crippen MR) is 98.8 cm³/mol. The number of piperazine rings is 1. The number of ether oxygens (including phenoxy) is 1. The fourth-order valence-corrected chi connectivity index (χ4v) is 3.73. The number of carboxylic acids is 1. The van der Waals surface area contributed by atoms with Gasteiger partial charge in [0.15, 0.2) is 0 Å². The molecule has 0 radical (unpaired) electrons. The highest BCUT2D eigenvalue weighted by molar-refractivity contribution is 7.20. The molecule has 0 saturated carbocycles. The maximum atomic E-state index is 12.1. The van der Waals surface area contributed by atoms with E-state index in [1.54, 1.807) is 11.0 Å². The fraction of sp³-hybridized carbons (Fsp3) is 0.444. The molecule has 1 saturated heterocycles. The summed E-state index contributed by atoms with van der Waals surface area (Å²) in [4.78, 5) is 27.5. The number of carboxylic acid groups (broad SMARTS) is 1. The summed E-state index contributed by atoms with van der Waals surface area (Å²) in [5, 5.41) is 10.1. The van der Waals surface area contributed by atoms with Gasteiger partial charge in [-0.3, -0.25) is 0 Å². The molecular weight excluding hydrogens is 340 g/mol. The van der Waals surface area contributed by atoms with Crippen LogP contribution in [0.4, 0.5) is 10.5 Å². The molecule has 1 aliphatic rings. The second kappa shape index (κ2) is 6.55. The molecule has 7 heteroatoms. The van der Waals surface area contributed by atoms with Crippen LogP contribution in [0, 0.1) is 0 Å². The second-order valence-corrected chi connectivity index (χ2v) is 8.18. The number of carbonyl (C=O) groups excluding carboxylic acids is 1. The lowest BCUT2D eigenvalue weighted by atomic mass is 10.2. The second-order valence-electron chi connectivity index (χ2n) is 7.09. The summed E-state index contributed by atoms with van der Waals surface area (Å²) in [6.07, 6.45) is -0.271. The van der Waals surface area contributed by atoms with E-state index in [4.69, 9.17) is 9.84 Å². The molecule has 1 amide bonds. The van der Waals surface area contributed by atoms with E-state index in [-0.39, 0.29) is 6.09 Å². The standard InChI is InChI=1S/C18H22N2O4S/c1-18(2,3)24-17(23)20-8-6-19(7-9-20)13-5-4-12-10-15(16(21)22)25-14(12)11-13/h4-5,10-11H,6-9H2,1-3H3,(H,21,22). The maximum Gasteiger partial charge on any atom is 0.410 e. The van der Waals surface area contributed by atoms with Crippen LogP contribution in [0.5, 0.6) is 0 Å². The first-order valence-electron chi connectivity index (χ1n) is 8.23. The largest absolute Gasteiger partial charge is 0.477 e. The van der Waals surface area contributed by atoms with Crippen LogP contribution in [0.1, 0.15) is 30.4 Å². The van der Waals surface area contributed by atoms with Crippen molar-refractivity contribution in [3.05, 3.63) is 29.1 Å². The van der Waals surface area contributed by atoms with Crippen molar-refractivity contribution in [2.24, 2.45) is 0 Å². The van der Waals surface area contributed by atoms with Crippen molar-refractivity contribution in [3.8, 4) is 0 Å². The van der Waals surface area contributed by atoms with Crippen molar-refractivity contribution in [3.63, 3.8) is 0 Å². The SMILES string of the molecule is CC(C)(C)OC(=O)N1CCN(c2ccc3cc(C(=O)O)sc3c2)CC1. The van der Waals surface area contributed by atoms with E-state index in [9.17, 15) is 9.59 Å². The highest BCUT2D eigenvalue weighted by atomic mass is 32.1. The highest BCUT2D eigenvalue weighted by Crippen LogP contribution is 2.30. The van der Waals surface area contributed by atoms with E-state index in [0.717, 1.165) is 28.9 Å². The topological polar surface area (TPSA) is 70.1 Å². The van der Waals surface area contributed by atoms with E-state index >= 15 is 0 Å². The van der Waals surface area contributed by atoms with Crippen LogP contribution in [-0.4, -0.2) is 53.8 Å². The van der Waals surface area contributed by atoms with E-state index < -0.39 is 11.6 Å². The Morgan fingerprint density at radius 1 is 1.12 bits per heavy atom. The van der Waals surface area contributed by atoms with Crippen molar-refractivity contribution >= 4 is 39.2 Å².